The van der Waals surface area contributed by atoms with E-state index in [-0.39, 0.29) is 41.6 Å². The molecule has 0 bridgehead atoms. The van der Waals surface area contributed by atoms with E-state index in [1.54, 1.807) is 60.7 Å². The lowest BCUT2D eigenvalue weighted by molar-refractivity contribution is -0.132. The van der Waals surface area contributed by atoms with Crippen molar-refractivity contribution in [3.63, 3.8) is 0 Å². The Morgan fingerprint density at radius 2 is 1.60 bits per heavy atom. The van der Waals surface area contributed by atoms with Crippen molar-refractivity contribution in [2.24, 2.45) is 35.0 Å². The highest BCUT2D eigenvalue weighted by atomic mass is 16.5. The van der Waals surface area contributed by atoms with Crippen LogP contribution < -0.4 is 14.5 Å². The molecule has 0 spiro atoms. The van der Waals surface area contributed by atoms with Crippen molar-refractivity contribution in [3.8, 4) is 11.5 Å². The lowest BCUT2D eigenvalue weighted by atomic mass is 9.52. The largest absolute Gasteiger partial charge is 0.504 e. The average molecular weight is 631 g/mol. The molecule has 3 aromatic carbocycles. The van der Waals surface area contributed by atoms with Crippen molar-refractivity contribution in [3.05, 3.63) is 102 Å². The molecule has 7 rings (SSSR count). The maximum atomic E-state index is 14.4. The van der Waals surface area contributed by atoms with Crippen LogP contribution in [0, 0.1) is 35.0 Å². The molecule has 2 aliphatic carbocycles. The number of hydrogen-bond donors (Lipinski definition) is 1. The molecule has 2 saturated heterocycles. The van der Waals surface area contributed by atoms with E-state index in [0.29, 0.717) is 29.1 Å². The Hall–Kier alpha value is -5.31. The van der Waals surface area contributed by atoms with Gasteiger partial charge >= 0.3 is 0 Å². The molecule has 3 fully saturated rings. The minimum Gasteiger partial charge on any atom is -0.504 e. The van der Waals surface area contributed by atoms with Gasteiger partial charge in [0.15, 0.2) is 17.3 Å². The third-order valence-corrected chi connectivity index (χ3v) is 10.6. The molecule has 0 radical (unpaired) electrons. The number of fused-ring (bicyclic) bond motifs is 4. The number of ketones is 1. The van der Waals surface area contributed by atoms with Crippen molar-refractivity contribution in [1.29, 1.82) is 0 Å². The van der Waals surface area contributed by atoms with Crippen LogP contribution >= 0.6 is 0 Å². The summed E-state index contributed by atoms with van der Waals surface area (Å²) in [5.74, 6) is -4.11. The van der Waals surface area contributed by atoms with Gasteiger partial charge in [0, 0.05) is 11.5 Å². The summed E-state index contributed by atoms with van der Waals surface area (Å²) >= 11 is 0. The van der Waals surface area contributed by atoms with E-state index in [2.05, 4.69) is 0 Å². The van der Waals surface area contributed by atoms with Gasteiger partial charge in [-0.3, -0.25) is 28.9 Å². The van der Waals surface area contributed by atoms with Crippen molar-refractivity contribution in [2.75, 3.05) is 16.9 Å². The van der Waals surface area contributed by atoms with E-state index in [1.165, 1.54) is 29.9 Å². The maximum absolute atomic E-state index is 14.4. The van der Waals surface area contributed by atoms with Crippen LogP contribution in [-0.2, 0) is 19.2 Å². The first kappa shape index (κ1) is 30.3. The Morgan fingerprint density at radius 3 is 2.28 bits per heavy atom. The van der Waals surface area contributed by atoms with Gasteiger partial charge in [-0.25, -0.2) is 4.90 Å². The van der Waals surface area contributed by atoms with Gasteiger partial charge in [-0.05, 0) is 86.7 Å². The summed E-state index contributed by atoms with van der Waals surface area (Å²) < 4.78 is 5.29. The van der Waals surface area contributed by atoms with Crippen LogP contribution in [0.2, 0.25) is 0 Å². The standard InChI is InChI=1S/C38H34N2O7/c1-21(41)23-11-13-25(14-12-23)39-34(43)27-16-15-26-28(33(27)36(39)45)20-30-35(44)40(24-7-5-4-6-8-24)37(46)38(30,2)29(26)17-9-22-10-18-31(42)32(19-22)47-3/h4-15,17-19,27-30,33,42H,16,20H2,1-3H3/t27-,28+,29-,30-,33-,38-/m0/s1. The molecule has 2 heterocycles. The summed E-state index contributed by atoms with van der Waals surface area (Å²) in [4.78, 5) is 71.0. The second-order valence-corrected chi connectivity index (χ2v) is 12.9. The monoisotopic (exact) mass is 630 g/mol. The number of rotatable bonds is 6. The van der Waals surface area contributed by atoms with Gasteiger partial charge in [-0.15, -0.1) is 0 Å². The van der Waals surface area contributed by atoms with Gasteiger partial charge in [0.2, 0.25) is 23.6 Å². The van der Waals surface area contributed by atoms with E-state index in [1.807, 2.05) is 31.2 Å². The first-order valence-electron chi connectivity index (χ1n) is 15.7. The zero-order valence-electron chi connectivity index (χ0n) is 26.3. The second kappa shape index (κ2) is 11.2. The molecule has 0 unspecified atom stereocenters. The highest BCUT2D eigenvalue weighted by Crippen LogP contribution is 2.61. The molecule has 3 aromatic rings. The summed E-state index contributed by atoms with van der Waals surface area (Å²) in [6.07, 6.45) is 6.33. The fraction of sp³-hybridized carbons (Fsp3) is 0.289. The minimum atomic E-state index is -1.15. The third kappa shape index (κ3) is 4.55. The zero-order chi connectivity index (χ0) is 33.2. The number of phenolic OH excluding ortho intramolecular Hbond substituents is 1. The zero-order valence-corrected chi connectivity index (χ0v) is 26.3. The van der Waals surface area contributed by atoms with Crippen molar-refractivity contribution in [2.45, 2.75) is 26.7 Å². The van der Waals surface area contributed by atoms with Crippen LogP contribution in [0.4, 0.5) is 11.4 Å². The van der Waals surface area contributed by atoms with Crippen molar-refractivity contribution < 1.29 is 33.8 Å². The Bertz CT molecular complexity index is 1900. The Kier molecular flexibility index (Phi) is 7.22. The van der Waals surface area contributed by atoms with Crippen LogP contribution in [0.15, 0.2) is 90.5 Å². The second-order valence-electron chi connectivity index (χ2n) is 12.9. The molecule has 1 saturated carbocycles. The number of Topliss-reactive ketones (excluding diaryl/α,β-unsaturated/α-hetero) is 1. The van der Waals surface area contributed by atoms with E-state index < -0.39 is 35.0 Å². The quantitative estimate of drug-likeness (QED) is 0.214. The molecule has 2 aliphatic heterocycles. The SMILES string of the molecule is COc1cc(C=C[C@H]2C3=CC[C@@H]4C(=O)N(c5ccc(C(C)=O)cc5)C(=O)[C@@H]4[C@@H]3C[C@H]3C(=O)N(c4ccccc4)C(=O)[C@@]23C)ccc1O. The lowest BCUT2D eigenvalue weighted by Gasteiger charge is -2.47. The van der Waals surface area contributed by atoms with Crippen molar-refractivity contribution >= 4 is 46.9 Å². The van der Waals surface area contributed by atoms with E-state index in [4.69, 9.17) is 4.74 Å². The molecule has 0 aromatic heterocycles. The van der Waals surface area contributed by atoms with Gasteiger partial charge in [0.05, 0.1) is 41.7 Å². The van der Waals surface area contributed by atoms with Crippen LogP contribution in [0.25, 0.3) is 6.08 Å². The number of benzene rings is 3. The van der Waals surface area contributed by atoms with Crippen LogP contribution in [0.1, 0.15) is 42.6 Å². The molecule has 4 aliphatic rings. The first-order chi connectivity index (χ1) is 22.6. The number of carbonyl (C=O) groups is 5. The number of carbonyl (C=O) groups excluding carboxylic acids is 5. The maximum Gasteiger partial charge on any atom is 0.241 e. The molecule has 238 valence electrons. The highest BCUT2D eigenvalue weighted by Gasteiger charge is 2.66. The predicted octanol–water partition coefficient (Wildman–Crippen LogP) is 5.58. The smallest absolute Gasteiger partial charge is 0.241 e. The predicted molar refractivity (Wildman–Crippen MR) is 174 cm³/mol. The van der Waals surface area contributed by atoms with Gasteiger partial charge < -0.3 is 9.84 Å². The number of ether oxygens (including phenoxy) is 1. The molecular formula is C38H34N2O7. The minimum absolute atomic E-state index is 0.00425. The molecule has 4 amide bonds. The molecule has 6 atom stereocenters. The molecule has 9 nitrogen and oxygen atoms in total. The number of anilines is 2. The number of aromatic hydroxyl groups is 1. The fourth-order valence-electron chi connectivity index (χ4n) is 8.15. The lowest BCUT2D eigenvalue weighted by Crippen LogP contribution is -2.49. The van der Waals surface area contributed by atoms with Gasteiger partial charge in [0.25, 0.3) is 0 Å². The third-order valence-electron chi connectivity index (χ3n) is 10.6. The summed E-state index contributed by atoms with van der Waals surface area (Å²) in [6.45, 7) is 3.29. The highest BCUT2D eigenvalue weighted by molar-refractivity contribution is 6.25. The number of allylic oxidation sites excluding steroid dienone is 3. The summed E-state index contributed by atoms with van der Waals surface area (Å²) in [6, 6.07) is 20.2. The normalized spacial score (nSPS) is 28.3. The van der Waals surface area contributed by atoms with Crippen LogP contribution in [-0.4, -0.2) is 41.6 Å². The van der Waals surface area contributed by atoms with E-state index >= 15 is 0 Å². The number of nitrogens with zero attached hydrogens (tertiary/aromatic N) is 2. The van der Waals surface area contributed by atoms with Gasteiger partial charge in [-0.2, -0.15) is 0 Å². The molecular weight excluding hydrogens is 596 g/mol. The Morgan fingerprint density at radius 1 is 0.894 bits per heavy atom. The van der Waals surface area contributed by atoms with Crippen LogP contribution in [0.3, 0.4) is 0 Å². The number of para-hydroxylation sites is 1. The summed E-state index contributed by atoms with van der Waals surface area (Å²) in [7, 11) is 1.46. The summed E-state index contributed by atoms with van der Waals surface area (Å²) in [5.41, 5.74) is 1.83. The number of amides is 4. The number of phenols is 1. The topological polar surface area (TPSA) is 121 Å². The number of imide groups is 2. The molecule has 47 heavy (non-hydrogen) atoms. The Labute approximate surface area is 272 Å². The summed E-state index contributed by atoms with van der Waals surface area (Å²) in [5, 5.41) is 10.1. The number of hydrogen-bond acceptors (Lipinski definition) is 7. The average Bonchev–Trinajstić information content (AvgIpc) is 3.44. The molecule has 1 N–H and O–H groups in total. The molecule has 9 heteroatoms. The van der Waals surface area contributed by atoms with Gasteiger partial charge in [-0.1, -0.05) is 48.1 Å². The van der Waals surface area contributed by atoms with Gasteiger partial charge in [0.1, 0.15) is 0 Å². The number of methoxy groups -OCH3 is 1. The first-order valence-corrected chi connectivity index (χ1v) is 15.7. The van der Waals surface area contributed by atoms with Crippen molar-refractivity contribution in [1.82, 2.24) is 0 Å². The van der Waals surface area contributed by atoms with E-state index in [9.17, 15) is 29.1 Å². The van der Waals surface area contributed by atoms with E-state index in [0.717, 1.165) is 11.1 Å². The Balaban J connectivity index is 1.31. The fourth-order valence-corrected chi connectivity index (χ4v) is 8.15. The van der Waals surface area contributed by atoms with Crippen LogP contribution in [0.5, 0.6) is 11.5 Å².